The topological polar surface area (TPSA) is 67.8 Å². The first-order valence-electron chi connectivity index (χ1n) is 6.98. The summed E-state index contributed by atoms with van der Waals surface area (Å²) in [5.41, 5.74) is -0.465. The molecule has 0 aliphatic carbocycles. The molecule has 7 heteroatoms. The molecule has 0 saturated carbocycles. The van der Waals surface area contributed by atoms with Crippen LogP contribution in [0.15, 0.2) is 12.4 Å². The lowest BCUT2D eigenvalue weighted by atomic mass is 10.2. The predicted molar refractivity (Wildman–Crippen MR) is 78.6 cm³/mol. The Morgan fingerprint density at radius 1 is 1.14 bits per heavy atom. The molecule has 1 aromatic heterocycles. The fraction of sp³-hybridized carbons (Fsp3) is 0.643. The van der Waals surface area contributed by atoms with E-state index in [1.807, 2.05) is 25.7 Å². The maximum atomic E-state index is 12.0. The molecular formula is C14H22N4O3. The Bertz CT molecular complexity index is 476. The number of aromatic nitrogens is 2. The van der Waals surface area contributed by atoms with Crippen LogP contribution in [0, 0.1) is 0 Å². The summed E-state index contributed by atoms with van der Waals surface area (Å²) in [6, 6.07) is 0. The molecule has 2 heterocycles. The van der Waals surface area contributed by atoms with E-state index in [1.54, 1.807) is 24.4 Å². The van der Waals surface area contributed by atoms with Crippen molar-refractivity contribution in [3.8, 4) is 5.75 Å². The summed E-state index contributed by atoms with van der Waals surface area (Å²) in [6.07, 6.45) is 3.02. The van der Waals surface area contributed by atoms with Crippen molar-refractivity contribution in [1.29, 1.82) is 0 Å². The molecule has 0 unspecified atom stereocenters. The largest absolute Gasteiger partial charge is 0.494 e. The zero-order valence-electron chi connectivity index (χ0n) is 13.0. The molecule has 0 spiro atoms. The van der Waals surface area contributed by atoms with Crippen LogP contribution < -0.4 is 9.64 Å². The lowest BCUT2D eigenvalue weighted by Gasteiger charge is -2.35. The fourth-order valence-corrected chi connectivity index (χ4v) is 1.99. The van der Waals surface area contributed by atoms with Crippen LogP contribution in [0.5, 0.6) is 5.75 Å². The molecule has 116 valence electrons. The molecule has 0 N–H and O–H groups in total. The number of ether oxygens (including phenoxy) is 2. The normalized spacial score (nSPS) is 15.8. The number of piperazine rings is 1. The number of carbonyl (C=O) groups excluding carboxylic acids is 1. The maximum Gasteiger partial charge on any atom is 0.410 e. The molecule has 1 aliphatic heterocycles. The van der Waals surface area contributed by atoms with Gasteiger partial charge in [0.05, 0.1) is 19.5 Å². The predicted octanol–water partition coefficient (Wildman–Crippen LogP) is 1.54. The van der Waals surface area contributed by atoms with Gasteiger partial charge < -0.3 is 19.3 Å². The summed E-state index contributed by atoms with van der Waals surface area (Å²) in [6.45, 7) is 8.18. The zero-order valence-corrected chi connectivity index (χ0v) is 13.0. The van der Waals surface area contributed by atoms with Gasteiger partial charge in [-0.3, -0.25) is 0 Å². The molecule has 0 atom stereocenters. The van der Waals surface area contributed by atoms with Gasteiger partial charge in [0.2, 0.25) is 5.95 Å². The maximum absolute atomic E-state index is 12.0. The third-order valence-electron chi connectivity index (χ3n) is 3.06. The summed E-state index contributed by atoms with van der Waals surface area (Å²) in [5, 5.41) is 0. The molecule has 7 nitrogen and oxygen atoms in total. The summed E-state index contributed by atoms with van der Waals surface area (Å²) in [4.78, 5) is 24.2. The van der Waals surface area contributed by atoms with Crippen molar-refractivity contribution in [1.82, 2.24) is 14.9 Å². The van der Waals surface area contributed by atoms with E-state index in [2.05, 4.69) is 9.97 Å². The van der Waals surface area contributed by atoms with Gasteiger partial charge in [-0.05, 0) is 20.8 Å². The number of hydrogen-bond acceptors (Lipinski definition) is 6. The Labute approximate surface area is 124 Å². The Balaban J connectivity index is 1.89. The molecule has 1 saturated heterocycles. The summed E-state index contributed by atoms with van der Waals surface area (Å²) in [5.74, 6) is 1.28. The van der Waals surface area contributed by atoms with Crippen LogP contribution in [0.25, 0.3) is 0 Å². The van der Waals surface area contributed by atoms with Crippen LogP contribution in [-0.2, 0) is 4.74 Å². The van der Waals surface area contributed by atoms with Crippen molar-refractivity contribution >= 4 is 12.0 Å². The molecule has 21 heavy (non-hydrogen) atoms. The second-order valence-corrected chi connectivity index (χ2v) is 5.88. The van der Waals surface area contributed by atoms with Crippen molar-refractivity contribution < 1.29 is 14.3 Å². The van der Waals surface area contributed by atoms with E-state index in [0.717, 1.165) is 0 Å². The average molecular weight is 294 g/mol. The van der Waals surface area contributed by atoms with Crippen LogP contribution >= 0.6 is 0 Å². The monoisotopic (exact) mass is 294 g/mol. The van der Waals surface area contributed by atoms with Crippen molar-refractivity contribution in [2.24, 2.45) is 0 Å². The van der Waals surface area contributed by atoms with Gasteiger partial charge in [0.15, 0.2) is 5.75 Å². The standard InChI is InChI=1S/C14H22N4O3/c1-14(2,3)21-13(19)18-7-5-17(6-8-18)12-15-9-11(20-4)10-16-12/h9-10H,5-8H2,1-4H3. The Hall–Kier alpha value is -2.05. The number of nitrogens with zero attached hydrogens (tertiary/aromatic N) is 4. The van der Waals surface area contributed by atoms with Gasteiger partial charge >= 0.3 is 6.09 Å². The Kier molecular flexibility index (Phi) is 4.50. The van der Waals surface area contributed by atoms with Gasteiger partial charge in [-0.2, -0.15) is 0 Å². The van der Waals surface area contributed by atoms with Gasteiger partial charge in [-0.25, -0.2) is 14.8 Å². The summed E-state index contributed by atoms with van der Waals surface area (Å²) >= 11 is 0. The van der Waals surface area contributed by atoms with Crippen molar-refractivity contribution in [3.63, 3.8) is 0 Å². The lowest BCUT2D eigenvalue weighted by Crippen LogP contribution is -2.50. The molecule has 1 fully saturated rings. The van der Waals surface area contributed by atoms with Crippen molar-refractivity contribution in [2.45, 2.75) is 26.4 Å². The molecule has 1 aliphatic rings. The number of methoxy groups -OCH3 is 1. The average Bonchev–Trinajstić information content (AvgIpc) is 2.46. The van der Waals surface area contributed by atoms with Gasteiger partial charge in [0.25, 0.3) is 0 Å². The van der Waals surface area contributed by atoms with E-state index in [9.17, 15) is 4.79 Å². The second-order valence-electron chi connectivity index (χ2n) is 5.88. The van der Waals surface area contributed by atoms with Gasteiger partial charge in [0.1, 0.15) is 5.60 Å². The first kappa shape index (κ1) is 15.3. The van der Waals surface area contributed by atoms with Crippen molar-refractivity contribution in [3.05, 3.63) is 12.4 Å². The molecule has 0 bridgehead atoms. The first-order valence-corrected chi connectivity index (χ1v) is 6.98. The number of amides is 1. The highest BCUT2D eigenvalue weighted by Gasteiger charge is 2.26. The third kappa shape index (κ3) is 4.21. The van der Waals surface area contributed by atoms with E-state index < -0.39 is 5.60 Å². The van der Waals surface area contributed by atoms with Crippen LogP contribution in [0.2, 0.25) is 0 Å². The highest BCUT2D eigenvalue weighted by Crippen LogP contribution is 2.15. The number of carbonyl (C=O) groups is 1. The number of rotatable bonds is 2. The smallest absolute Gasteiger partial charge is 0.410 e. The van der Waals surface area contributed by atoms with Crippen LogP contribution in [0.1, 0.15) is 20.8 Å². The fourth-order valence-electron chi connectivity index (χ4n) is 1.99. The minimum atomic E-state index is -0.465. The Morgan fingerprint density at radius 2 is 1.71 bits per heavy atom. The quantitative estimate of drug-likeness (QED) is 0.824. The van der Waals surface area contributed by atoms with E-state index in [4.69, 9.17) is 9.47 Å². The van der Waals surface area contributed by atoms with Crippen LogP contribution in [-0.4, -0.2) is 59.9 Å². The van der Waals surface area contributed by atoms with Gasteiger partial charge in [-0.15, -0.1) is 0 Å². The second kappa shape index (κ2) is 6.15. The molecule has 2 rings (SSSR count). The van der Waals surface area contributed by atoms with Gasteiger partial charge in [0, 0.05) is 26.2 Å². The van der Waals surface area contributed by atoms with E-state index in [0.29, 0.717) is 37.9 Å². The third-order valence-corrected chi connectivity index (χ3v) is 3.06. The number of anilines is 1. The SMILES string of the molecule is COc1cnc(N2CCN(C(=O)OC(C)(C)C)CC2)nc1. The molecular weight excluding hydrogens is 272 g/mol. The minimum Gasteiger partial charge on any atom is -0.494 e. The highest BCUT2D eigenvalue weighted by atomic mass is 16.6. The van der Waals surface area contributed by atoms with E-state index >= 15 is 0 Å². The molecule has 1 aromatic rings. The van der Waals surface area contributed by atoms with Gasteiger partial charge in [-0.1, -0.05) is 0 Å². The van der Waals surface area contributed by atoms with E-state index in [1.165, 1.54) is 0 Å². The van der Waals surface area contributed by atoms with Crippen LogP contribution in [0.4, 0.5) is 10.7 Å². The molecule has 1 amide bonds. The lowest BCUT2D eigenvalue weighted by molar-refractivity contribution is 0.0240. The van der Waals surface area contributed by atoms with Crippen LogP contribution in [0.3, 0.4) is 0 Å². The molecule has 0 aromatic carbocycles. The minimum absolute atomic E-state index is 0.266. The van der Waals surface area contributed by atoms with Crippen molar-refractivity contribution in [2.75, 3.05) is 38.2 Å². The first-order chi connectivity index (χ1) is 9.89. The van der Waals surface area contributed by atoms with E-state index in [-0.39, 0.29) is 6.09 Å². The summed E-state index contributed by atoms with van der Waals surface area (Å²) in [7, 11) is 1.58. The highest BCUT2D eigenvalue weighted by molar-refractivity contribution is 5.68. The number of hydrogen-bond donors (Lipinski definition) is 0. The Morgan fingerprint density at radius 3 is 2.19 bits per heavy atom. The molecule has 0 radical (unpaired) electrons. The summed E-state index contributed by atoms with van der Waals surface area (Å²) < 4.78 is 10.4. The zero-order chi connectivity index (χ0) is 15.5.